The van der Waals surface area contributed by atoms with Gasteiger partial charge >= 0.3 is 0 Å². The first-order valence-corrected chi connectivity index (χ1v) is 8.62. The molecule has 0 aromatic heterocycles. The van der Waals surface area contributed by atoms with Crippen LogP contribution in [0.5, 0.6) is 0 Å². The van der Waals surface area contributed by atoms with Crippen molar-refractivity contribution in [3.05, 3.63) is 47.5 Å². The van der Waals surface area contributed by atoms with Crippen molar-refractivity contribution in [3.8, 4) is 0 Å². The first kappa shape index (κ1) is 12.9. The predicted octanol–water partition coefficient (Wildman–Crippen LogP) is 2.71. The lowest BCUT2D eigenvalue weighted by Crippen LogP contribution is -2.26. The van der Waals surface area contributed by atoms with E-state index in [4.69, 9.17) is 0 Å². The van der Waals surface area contributed by atoms with Gasteiger partial charge in [-0.25, -0.2) is 4.31 Å². The lowest BCUT2D eigenvalue weighted by molar-refractivity contribution is -0.117. The standard InChI is InChI=1S/C12H13IN2OS/c1-14-12(16)10-7-8-15(17-13)11(10)9-5-3-2-4-6-9/h2-7,11H,8H2,1H3,(H,14,16). The van der Waals surface area contributed by atoms with Crippen molar-refractivity contribution < 1.29 is 4.79 Å². The van der Waals surface area contributed by atoms with Crippen molar-refractivity contribution in [3.63, 3.8) is 0 Å². The van der Waals surface area contributed by atoms with Gasteiger partial charge in [0.1, 0.15) is 0 Å². The van der Waals surface area contributed by atoms with Gasteiger partial charge in [0.25, 0.3) is 0 Å². The molecule has 1 unspecified atom stereocenters. The summed E-state index contributed by atoms with van der Waals surface area (Å²) < 4.78 is 2.19. The van der Waals surface area contributed by atoms with E-state index in [0.29, 0.717) is 0 Å². The molecule has 0 spiro atoms. The molecule has 5 heteroatoms. The van der Waals surface area contributed by atoms with Crippen molar-refractivity contribution in [2.24, 2.45) is 0 Å². The Hall–Kier alpha value is -0.530. The maximum absolute atomic E-state index is 11.8. The molecule has 1 aliphatic rings. The molecule has 0 saturated heterocycles. The fraction of sp³-hybridized carbons (Fsp3) is 0.250. The first-order chi connectivity index (χ1) is 8.27. The highest BCUT2D eigenvalue weighted by atomic mass is 127. The van der Waals surface area contributed by atoms with Crippen LogP contribution in [-0.2, 0) is 4.79 Å². The average Bonchev–Trinajstić information content (AvgIpc) is 2.82. The van der Waals surface area contributed by atoms with E-state index in [1.54, 1.807) is 16.2 Å². The monoisotopic (exact) mass is 360 g/mol. The Morgan fingerprint density at radius 1 is 1.47 bits per heavy atom. The van der Waals surface area contributed by atoms with Gasteiger partial charge in [0, 0.05) is 40.4 Å². The Balaban J connectivity index is 2.33. The summed E-state index contributed by atoms with van der Waals surface area (Å²) >= 11 is 2.25. The molecule has 17 heavy (non-hydrogen) atoms. The summed E-state index contributed by atoms with van der Waals surface area (Å²) in [5.41, 5.74) is 1.99. The normalized spacial score (nSPS) is 20.1. The second-order valence-electron chi connectivity index (χ2n) is 3.72. The van der Waals surface area contributed by atoms with E-state index in [1.165, 1.54) is 0 Å². The number of nitrogens with zero attached hydrogens (tertiary/aromatic N) is 1. The molecular formula is C12H13IN2OS. The molecule has 2 rings (SSSR count). The van der Waals surface area contributed by atoms with Gasteiger partial charge in [-0.2, -0.15) is 0 Å². The lowest BCUT2D eigenvalue weighted by Gasteiger charge is -2.23. The SMILES string of the molecule is CNC(=O)C1=CCN(SI)C1c1ccccc1. The molecule has 1 N–H and O–H groups in total. The Kier molecular flexibility index (Phi) is 4.47. The van der Waals surface area contributed by atoms with Crippen molar-refractivity contribution >= 4 is 36.2 Å². The minimum absolute atomic E-state index is 0.00630. The summed E-state index contributed by atoms with van der Waals surface area (Å²) in [6.45, 7) is 0.802. The summed E-state index contributed by atoms with van der Waals surface area (Å²) in [5, 5.41) is 2.71. The quantitative estimate of drug-likeness (QED) is 0.665. The minimum Gasteiger partial charge on any atom is -0.355 e. The van der Waals surface area contributed by atoms with Crippen LogP contribution in [0.1, 0.15) is 11.6 Å². The van der Waals surface area contributed by atoms with Crippen molar-refractivity contribution in [2.45, 2.75) is 6.04 Å². The largest absolute Gasteiger partial charge is 0.355 e. The number of hydrogen-bond donors (Lipinski definition) is 1. The summed E-state index contributed by atoms with van der Waals surface area (Å²) in [6, 6.07) is 10.2. The van der Waals surface area contributed by atoms with E-state index >= 15 is 0 Å². The second kappa shape index (κ2) is 5.88. The van der Waals surface area contributed by atoms with Crippen LogP contribution in [-0.4, -0.2) is 23.8 Å². The minimum atomic E-state index is 0.00630. The molecule has 1 aliphatic heterocycles. The molecule has 1 aromatic carbocycles. The van der Waals surface area contributed by atoms with Crippen LogP contribution in [0.2, 0.25) is 0 Å². The molecule has 1 heterocycles. The maximum Gasteiger partial charge on any atom is 0.248 e. The van der Waals surface area contributed by atoms with Gasteiger partial charge in [-0.3, -0.25) is 4.79 Å². The third-order valence-corrected chi connectivity index (χ3v) is 4.82. The number of carbonyl (C=O) groups excluding carboxylic acids is 1. The van der Waals surface area contributed by atoms with Crippen LogP contribution in [0.15, 0.2) is 42.0 Å². The molecule has 0 radical (unpaired) electrons. The Morgan fingerprint density at radius 2 is 2.18 bits per heavy atom. The molecule has 0 fully saturated rings. The van der Waals surface area contributed by atoms with Gasteiger partial charge in [-0.15, -0.1) is 0 Å². The van der Waals surface area contributed by atoms with Gasteiger partial charge in [0.2, 0.25) is 5.91 Å². The second-order valence-corrected chi connectivity index (χ2v) is 5.51. The zero-order valence-electron chi connectivity index (χ0n) is 9.39. The van der Waals surface area contributed by atoms with Gasteiger partial charge in [0.15, 0.2) is 0 Å². The highest BCUT2D eigenvalue weighted by molar-refractivity contribution is 14.2. The Morgan fingerprint density at radius 3 is 2.76 bits per heavy atom. The zero-order chi connectivity index (χ0) is 12.3. The first-order valence-electron chi connectivity index (χ1n) is 5.30. The van der Waals surface area contributed by atoms with Crippen molar-refractivity contribution in [1.82, 2.24) is 9.62 Å². The van der Waals surface area contributed by atoms with Gasteiger partial charge in [-0.1, -0.05) is 36.4 Å². The zero-order valence-corrected chi connectivity index (χ0v) is 12.4. The van der Waals surface area contributed by atoms with Crippen LogP contribution in [0, 0.1) is 0 Å². The molecule has 1 atom stereocenters. The van der Waals surface area contributed by atoms with E-state index in [0.717, 1.165) is 17.7 Å². The number of amides is 1. The number of rotatable bonds is 3. The van der Waals surface area contributed by atoms with E-state index in [1.807, 2.05) is 24.3 Å². The van der Waals surface area contributed by atoms with Crippen LogP contribution >= 0.6 is 30.3 Å². The average molecular weight is 360 g/mol. The Bertz CT molecular complexity index is 435. The maximum atomic E-state index is 11.8. The number of halogens is 1. The third-order valence-electron chi connectivity index (χ3n) is 2.77. The molecule has 0 bridgehead atoms. The number of nitrogens with one attached hydrogen (secondary N) is 1. The number of carbonyl (C=O) groups is 1. The van der Waals surface area contributed by atoms with Crippen LogP contribution in [0.3, 0.4) is 0 Å². The topological polar surface area (TPSA) is 32.3 Å². The fourth-order valence-electron chi connectivity index (χ4n) is 1.97. The summed E-state index contributed by atoms with van der Waals surface area (Å²) in [5.74, 6) is 0.00630. The highest BCUT2D eigenvalue weighted by Crippen LogP contribution is 2.40. The molecule has 0 saturated carbocycles. The van der Waals surface area contributed by atoms with E-state index in [2.05, 4.69) is 43.0 Å². The smallest absolute Gasteiger partial charge is 0.248 e. The predicted molar refractivity (Wildman–Crippen MR) is 79.6 cm³/mol. The van der Waals surface area contributed by atoms with Gasteiger partial charge in [-0.05, 0) is 14.7 Å². The van der Waals surface area contributed by atoms with Crippen molar-refractivity contribution in [2.75, 3.05) is 13.6 Å². The number of likely N-dealkylation sites (N-methyl/N-ethyl adjacent to an activating group) is 1. The molecule has 1 aromatic rings. The summed E-state index contributed by atoms with van der Waals surface area (Å²) in [4.78, 5) is 11.8. The summed E-state index contributed by atoms with van der Waals surface area (Å²) in [7, 11) is 3.31. The number of hydrogen-bond acceptors (Lipinski definition) is 3. The van der Waals surface area contributed by atoms with Crippen LogP contribution in [0.4, 0.5) is 0 Å². The fourth-order valence-corrected chi connectivity index (χ4v) is 3.58. The third kappa shape index (κ3) is 2.66. The van der Waals surface area contributed by atoms with Crippen molar-refractivity contribution in [1.29, 1.82) is 0 Å². The van der Waals surface area contributed by atoms with E-state index < -0.39 is 0 Å². The molecule has 0 aliphatic carbocycles. The molecule has 1 amide bonds. The number of benzene rings is 1. The Labute approximate surface area is 117 Å². The lowest BCUT2D eigenvalue weighted by atomic mass is 10.0. The molecule has 3 nitrogen and oxygen atoms in total. The van der Waals surface area contributed by atoms with Crippen LogP contribution < -0.4 is 5.32 Å². The van der Waals surface area contributed by atoms with Gasteiger partial charge in [0.05, 0.1) is 6.04 Å². The summed E-state index contributed by atoms with van der Waals surface area (Å²) in [6.07, 6.45) is 2.00. The van der Waals surface area contributed by atoms with Gasteiger partial charge < -0.3 is 5.32 Å². The molecule has 90 valence electrons. The van der Waals surface area contributed by atoms with E-state index in [9.17, 15) is 4.79 Å². The highest BCUT2D eigenvalue weighted by Gasteiger charge is 2.32. The van der Waals surface area contributed by atoms with Crippen LogP contribution in [0.25, 0.3) is 0 Å². The molecular weight excluding hydrogens is 347 g/mol. The van der Waals surface area contributed by atoms with E-state index in [-0.39, 0.29) is 11.9 Å².